The minimum absolute atomic E-state index is 0.178. The van der Waals surface area contributed by atoms with Crippen molar-refractivity contribution in [2.45, 2.75) is 4.90 Å². The van der Waals surface area contributed by atoms with Gasteiger partial charge in [0.15, 0.2) is 0 Å². The monoisotopic (exact) mass is 385 g/mol. The molecule has 0 spiro atoms. The molecule has 1 N–H and O–H groups in total. The van der Waals surface area contributed by atoms with Gasteiger partial charge in [0, 0.05) is 44.3 Å². The molecule has 2 aromatic rings. The first-order valence-corrected chi connectivity index (χ1v) is 9.85. The van der Waals surface area contributed by atoms with Gasteiger partial charge in [-0.3, -0.25) is 14.7 Å². The van der Waals surface area contributed by atoms with Gasteiger partial charge in [0.05, 0.1) is 18.2 Å². The number of hydrogen-bond acceptors (Lipinski definition) is 6. The Morgan fingerprint density at radius 3 is 2.44 bits per heavy atom. The minimum atomic E-state index is -3.55. The van der Waals surface area contributed by atoms with Crippen LogP contribution in [0.3, 0.4) is 0 Å². The molecule has 140 valence electrons. The van der Waals surface area contributed by atoms with E-state index in [4.69, 9.17) is 5.26 Å². The number of carbonyl (C=O) groups is 1. The highest BCUT2D eigenvalue weighted by Crippen LogP contribution is 2.16. The van der Waals surface area contributed by atoms with Crippen molar-refractivity contribution in [3.8, 4) is 6.07 Å². The van der Waals surface area contributed by atoms with E-state index in [0.29, 0.717) is 37.4 Å². The van der Waals surface area contributed by atoms with Crippen LogP contribution in [0.5, 0.6) is 0 Å². The SMILES string of the molecule is N#Cc1ccc(NC(=O)CN2CCN(S(=O)(=O)c3cccnc3)CC2)cc1. The molecule has 0 radical (unpaired) electrons. The van der Waals surface area contributed by atoms with Crippen LogP contribution in [-0.2, 0) is 14.8 Å². The maximum atomic E-state index is 12.6. The molecule has 0 unspecified atom stereocenters. The number of nitriles is 1. The molecule has 1 fully saturated rings. The summed E-state index contributed by atoms with van der Waals surface area (Å²) in [6, 6.07) is 11.8. The fourth-order valence-corrected chi connectivity index (χ4v) is 4.20. The zero-order valence-electron chi connectivity index (χ0n) is 14.6. The molecule has 1 aromatic carbocycles. The van der Waals surface area contributed by atoms with Crippen LogP contribution < -0.4 is 5.32 Å². The second-order valence-electron chi connectivity index (χ2n) is 6.11. The molecule has 1 aliphatic rings. The van der Waals surface area contributed by atoms with E-state index in [9.17, 15) is 13.2 Å². The Labute approximate surface area is 158 Å². The van der Waals surface area contributed by atoms with Crippen molar-refractivity contribution in [3.63, 3.8) is 0 Å². The molecule has 0 aliphatic carbocycles. The lowest BCUT2D eigenvalue weighted by atomic mass is 10.2. The predicted octanol–water partition coefficient (Wildman–Crippen LogP) is 0.898. The zero-order chi connectivity index (χ0) is 19.3. The number of rotatable bonds is 5. The van der Waals surface area contributed by atoms with Crippen molar-refractivity contribution in [1.82, 2.24) is 14.2 Å². The first-order valence-electron chi connectivity index (χ1n) is 8.41. The molecule has 3 rings (SSSR count). The number of carbonyl (C=O) groups excluding carboxylic acids is 1. The lowest BCUT2D eigenvalue weighted by molar-refractivity contribution is -0.117. The summed E-state index contributed by atoms with van der Waals surface area (Å²) < 4.78 is 26.6. The number of anilines is 1. The summed E-state index contributed by atoms with van der Waals surface area (Å²) >= 11 is 0. The van der Waals surface area contributed by atoms with E-state index in [1.54, 1.807) is 30.3 Å². The fourth-order valence-electron chi connectivity index (χ4n) is 2.81. The number of nitrogens with zero attached hydrogens (tertiary/aromatic N) is 4. The predicted molar refractivity (Wildman–Crippen MR) is 99.2 cm³/mol. The molecule has 1 aromatic heterocycles. The lowest BCUT2D eigenvalue weighted by Crippen LogP contribution is -2.50. The zero-order valence-corrected chi connectivity index (χ0v) is 15.4. The van der Waals surface area contributed by atoms with Crippen LogP contribution in [0.4, 0.5) is 5.69 Å². The summed E-state index contributed by atoms with van der Waals surface area (Å²) in [5.74, 6) is -0.178. The molecule has 0 atom stereocenters. The Kier molecular flexibility index (Phi) is 5.81. The van der Waals surface area contributed by atoms with Gasteiger partial charge in [0.25, 0.3) is 0 Å². The maximum Gasteiger partial charge on any atom is 0.244 e. The van der Waals surface area contributed by atoms with Gasteiger partial charge in [-0.2, -0.15) is 9.57 Å². The van der Waals surface area contributed by atoms with Crippen LogP contribution in [0.25, 0.3) is 0 Å². The third-order valence-corrected chi connectivity index (χ3v) is 6.15. The summed E-state index contributed by atoms with van der Waals surface area (Å²) in [4.78, 5) is 18.1. The number of benzene rings is 1. The largest absolute Gasteiger partial charge is 0.325 e. The van der Waals surface area contributed by atoms with Crippen molar-refractivity contribution >= 4 is 21.6 Å². The fraction of sp³-hybridized carbons (Fsp3) is 0.278. The third-order valence-electron chi connectivity index (χ3n) is 4.27. The van der Waals surface area contributed by atoms with E-state index in [-0.39, 0.29) is 17.3 Å². The second kappa shape index (κ2) is 8.26. The van der Waals surface area contributed by atoms with Gasteiger partial charge in [-0.1, -0.05) is 0 Å². The molecule has 9 heteroatoms. The number of pyridine rings is 1. The number of hydrogen-bond donors (Lipinski definition) is 1. The van der Waals surface area contributed by atoms with Crippen LogP contribution >= 0.6 is 0 Å². The number of sulfonamides is 1. The van der Waals surface area contributed by atoms with Crippen molar-refractivity contribution in [3.05, 3.63) is 54.4 Å². The highest BCUT2D eigenvalue weighted by Gasteiger charge is 2.29. The second-order valence-corrected chi connectivity index (χ2v) is 8.04. The quantitative estimate of drug-likeness (QED) is 0.820. The maximum absolute atomic E-state index is 12.6. The van der Waals surface area contributed by atoms with Crippen molar-refractivity contribution in [1.29, 1.82) is 5.26 Å². The van der Waals surface area contributed by atoms with E-state index in [1.165, 1.54) is 22.8 Å². The summed E-state index contributed by atoms with van der Waals surface area (Å²) in [6.45, 7) is 1.77. The Morgan fingerprint density at radius 1 is 1.15 bits per heavy atom. The third kappa shape index (κ3) is 4.68. The Balaban J connectivity index is 1.52. The molecule has 1 amide bonds. The van der Waals surface area contributed by atoms with Gasteiger partial charge in [0.1, 0.15) is 4.90 Å². The van der Waals surface area contributed by atoms with Gasteiger partial charge >= 0.3 is 0 Å². The van der Waals surface area contributed by atoms with Gasteiger partial charge < -0.3 is 5.32 Å². The highest BCUT2D eigenvalue weighted by molar-refractivity contribution is 7.89. The van der Waals surface area contributed by atoms with E-state index in [2.05, 4.69) is 10.3 Å². The van der Waals surface area contributed by atoms with E-state index < -0.39 is 10.0 Å². The number of amides is 1. The van der Waals surface area contributed by atoms with Crippen molar-refractivity contribution in [2.75, 3.05) is 38.0 Å². The van der Waals surface area contributed by atoms with Crippen molar-refractivity contribution in [2.24, 2.45) is 0 Å². The minimum Gasteiger partial charge on any atom is -0.325 e. The normalized spacial score (nSPS) is 15.8. The Bertz CT molecular complexity index is 931. The Hall–Kier alpha value is -2.80. The first-order chi connectivity index (χ1) is 13.0. The average Bonchev–Trinajstić information content (AvgIpc) is 2.69. The molecular weight excluding hydrogens is 366 g/mol. The van der Waals surface area contributed by atoms with E-state index >= 15 is 0 Å². The average molecular weight is 385 g/mol. The number of aromatic nitrogens is 1. The summed E-state index contributed by atoms with van der Waals surface area (Å²) in [5.41, 5.74) is 1.15. The van der Waals surface area contributed by atoms with E-state index in [1.807, 2.05) is 11.0 Å². The molecule has 1 aliphatic heterocycles. The van der Waals surface area contributed by atoms with Gasteiger partial charge in [-0.05, 0) is 36.4 Å². The first kappa shape index (κ1) is 19.0. The molecule has 0 saturated carbocycles. The van der Waals surface area contributed by atoms with Gasteiger partial charge in [-0.15, -0.1) is 0 Å². The topological polar surface area (TPSA) is 106 Å². The number of piperazine rings is 1. The highest BCUT2D eigenvalue weighted by atomic mass is 32.2. The van der Waals surface area contributed by atoms with Gasteiger partial charge in [-0.25, -0.2) is 8.42 Å². The van der Waals surface area contributed by atoms with Crippen molar-refractivity contribution < 1.29 is 13.2 Å². The van der Waals surface area contributed by atoms with Crippen LogP contribution in [0, 0.1) is 11.3 Å². The molecule has 2 heterocycles. The lowest BCUT2D eigenvalue weighted by Gasteiger charge is -2.33. The molecule has 8 nitrogen and oxygen atoms in total. The molecular formula is C18H19N5O3S. The number of nitrogens with one attached hydrogen (secondary N) is 1. The Morgan fingerprint density at radius 2 is 1.85 bits per heavy atom. The standard InChI is InChI=1S/C18H19N5O3S/c19-12-15-3-5-16(6-4-15)21-18(24)14-22-8-10-23(11-9-22)27(25,26)17-2-1-7-20-13-17/h1-7,13H,8-11,14H2,(H,21,24). The van der Waals surface area contributed by atoms with Crippen LogP contribution in [0.1, 0.15) is 5.56 Å². The summed E-state index contributed by atoms with van der Waals surface area (Å²) in [6.07, 6.45) is 2.87. The molecule has 1 saturated heterocycles. The summed E-state index contributed by atoms with van der Waals surface area (Å²) in [7, 11) is -3.55. The van der Waals surface area contributed by atoms with Crippen LogP contribution in [-0.4, -0.2) is 61.2 Å². The van der Waals surface area contributed by atoms with E-state index in [0.717, 1.165) is 0 Å². The summed E-state index contributed by atoms with van der Waals surface area (Å²) in [5, 5.41) is 11.6. The van der Waals surface area contributed by atoms with Crippen LogP contribution in [0.2, 0.25) is 0 Å². The smallest absolute Gasteiger partial charge is 0.244 e. The van der Waals surface area contributed by atoms with Gasteiger partial charge in [0.2, 0.25) is 15.9 Å². The molecule has 0 bridgehead atoms. The molecule has 27 heavy (non-hydrogen) atoms. The van der Waals surface area contributed by atoms with Crippen LogP contribution in [0.15, 0.2) is 53.7 Å².